The molecule has 1 aliphatic carbocycles. The van der Waals surface area contributed by atoms with Gasteiger partial charge in [-0.2, -0.15) is 11.6 Å². The third kappa shape index (κ3) is 2.20. The van der Waals surface area contributed by atoms with E-state index in [4.69, 9.17) is 0 Å². The molecule has 6 rings (SSSR count). The number of rotatable bonds is 0. The zero-order valence-corrected chi connectivity index (χ0v) is 15.1. The summed E-state index contributed by atoms with van der Waals surface area (Å²) in [6.07, 6.45) is 2.01. The fraction of sp³-hybridized carbons (Fsp3) is 0.0741. The van der Waals surface area contributed by atoms with Crippen LogP contribution < -0.4 is 0 Å². The first-order valence-corrected chi connectivity index (χ1v) is 9.63. The minimum absolute atomic E-state index is 1.01. The first-order chi connectivity index (χ1) is 13.4. The van der Waals surface area contributed by atoms with E-state index >= 15 is 0 Å². The topological polar surface area (TPSA) is 0 Å². The average molecular weight is 343 g/mol. The summed E-state index contributed by atoms with van der Waals surface area (Å²) in [5.74, 6) is 0. The Kier molecular flexibility index (Phi) is 3.10. The molecule has 1 aliphatic rings. The minimum Gasteiger partial charge on any atom is -0.213 e. The Morgan fingerprint density at radius 3 is 1.93 bits per heavy atom. The van der Waals surface area contributed by atoms with Gasteiger partial charge in [0.1, 0.15) is 0 Å². The van der Waals surface area contributed by atoms with Gasteiger partial charge in [0.15, 0.2) is 0 Å². The molecule has 0 spiro atoms. The predicted molar refractivity (Wildman–Crippen MR) is 115 cm³/mol. The second-order valence-electron chi connectivity index (χ2n) is 7.57. The lowest BCUT2D eigenvalue weighted by atomic mass is 9.81. The van der Waals surface area contributed by atoms with Crippen LogP contribution in [0.25, 0.3) is 32.7 Å². The molecule has 0 amide bonds. The third-order valence-corrected chi connectivity index (χ3v) is 6.05. The molecule has 128 valence electrons. The second-order valence-corrected chi connectivity index (χ2v) is 7.57. The van der Waals surface area contributed by atoms with Gasteiger partial charge in [-0.3, -0.25) is 0 Å². The summed E-state index contributed by atoms with van der Waals surface area (Å²) in [6, 6.07) is 33.7. The lowest BCUT2D eigenvalue weighted by molar-refractivity contribution is 1.10. The smallest absolute Gasteiger partial charge is 0.00620 e. The van der Waals surface area contributed by atoms with Crippen LogP contribution in [0.1, 0.15) is 22.3 Å². The number of fused-ring (bicyclic) bond motifs is 8. The van der Waals surface area contributed by atoms with E-state index in [2.05, 4.69) is 91.0 Å². The summed E-state index contributed by atoms with van der Waals surface area (Å²) < 4.78 is 0. The van der Waals surface area contributed by atoms with Crippen LogP contribution in [0.15, 0.2) is 91.0 Å². The van der Waals surface area contributed by atoms with E-state index in [1.54, 1.807) is 0 Å². The van der Waals surface area contributed by atoms with Gasteiger partial charge in [0, 0.05) is 0 Å². The lowest BCUT2D eigenvalue weighted by Crippen LogP contribution is -2.03. The van der Waals surface area contributed by atoms with Gasteiger partial charge in [-0.1, -0.05) is 72.8 Å². The fourth-order valence-corrected chi connectivity index (χ4v) is 4.77. The summed E-state index contributed by atoms with van der Waals surface area (Å²) in [7, 11) is 0. The molecule has 0 bridgehead atoms. The molecule has 0 nitrogen and oxygen atoms in total. The van der Waals surface area contributed by atoms with Crippen LogP contribution in [0.4, 0.5) is 0 Å². The Morgan fingerprint density at radius 1 is 0.556 bits per heavy atom. The summed E-state index contributed by atoms with van der Waals surface area (Å²) in [4.78, 5) is 0. The van der Waals surface area contributed by atoms with Crippen molar-refractivity contribution in [3.8, 4) is 11.1 Å². The summed E-state index contributed by atoms with van der Waals surface area (Å²) >= 11 is 0. The van der Waals surface area contributed by atoms with Crippen molar-refractivity contribution in [2.45, 2.75) is 12.8 Å². The molecule has 0 atom stereocenters. The van der Waals surface area contributed by atoms with Crippen molar-refractivity contribution in [3.63, 3.8) is 0 Å². The van der Waals surface area contributed by atoms with Gasteiger partial charge >= 0.3 is 0 Å². The molecule has 0 N–H and O–H groups in total. The number of hydrogen-bond acceptors (Lipinski definition) is 0. The van der Waals surface area contributed by atoms with Crippen molar-refractivity contribution in [2.24, 2.45) is 0 Å². The zero-order chi connectivity index (χ0) is 17.8. The quantitative estimate of drug-likeness (QED) is 0.264. The Morgan fingerprint density at radius 2 is 1.19 bits per heavy atom. The highest BCUT2D eigenvalue weighted by Crippen LogP contribution is 2.42. The third-order valence-electron chi connectivity index (χ3n) is 6.05. The average Bonchev–Trinajstić information content (AvgIpc) is 3.13. The molecule has 5 aromatic rings. The highest BCUT2D eigenvalue weighted by Gasteiger charge is 2.18. The summed E-state index contributed by atoms with van der Waals surface area (Å²) in [5, 5.41) is 5.36. The van der Waals surface area contributed by atoms with Crippen LogP contribution in [-0.2, 0) is 12.8 Å². The van der Waals surface area contributed by atoms with E-state index in [9.17, 15) is 0 Å². The van der Waals surface area contributed by atoms with Crippen LogP contribution in [-0.4, -0.2) is 0 Å². The van der Waals surface area contributed by atoms with E-state index in [0.717, 1.165) is 12.8 Å². The van der Waals surface area contributed by atoms with E-state index in [1.165, 1.54) is 54.9 Å². The van der Waals surface area contributed by atoms with E-state index in [0.29, 0.717) is 0 Å². The maximum absolute atomic E-state index is 2.34. The van der Waals surface area contributed by atoms with Gasteiger partial charge in [-0.05, 0) is 56.6 Å². The Bertz CT molecular complexity index is 1210. The van der Waals surface area contributed by atoms with Gasteiger partial charge < -0.3 is 0 Å². The number of hydrogen-bond donors (Lipinski definition) is 0. The Hall–Kier alpha value is -3.25. The predicted octanol–water partition coefficient (Wildman–Crippen LogP) is 6.87. The summed E-state index contributed by atoms with van der Waals surface area (Å²) in [6.45, 7) is 0. The minimum atomic E-state index is 1.01. The maximum Gasteiger partial charge on any atom is -0.00620 e. The van der Waals surface area contributed by atoms with Gasteiger partial charge in [0.05, 0.1) is 0 Å². The molecule has 0 radical (unpaired) electrons. The number of benzene rings is 4. The first-order valence-electron chi connectivity index (χ1n) is 9.63. The second kappa shape index (κ2) is 5.62. The van der Waals surface area contributed by atoms with Crippen LogP contribution in [0.5, 0.6) is 0 Å². The molecule has 0 heterocycles. The van der Waals surface area contributed by atoms with Crippen molar-refractivity contribution in [3.05, 3.63) is 113 Å². The van der Waals surface area contributed by atoms with Gasteiger partial charge in [0.2, 0.25) is 0 Å². The standard InChI is InChI=1S/C27H19/c1-3-10-24-18(6-1)12-14-22-16-20-8-5-9-21(20)17-23-15-13-19-7-2-4-11-25(19)27(23)26(22)24/h1-15H,16-17H2/q-1. The Labute approximate surface area is 159 Å². The molecule has 0 aromatic heterocycles. The van der Waals surface area contributed by atoms with Crippen molar-refractivity contribution >= 4 is 21.5 Å². The molecule has 0 heteroatoms. The molecule has 27 heavy (non-hydrogen) atoms. The molecular weight excluding hydrogens is 324 g/mol. The van der Waals surface area contributed by atoms with Gasteiger partial charge in [-0.15, -0.1) is 5.56 Å². The molecule has 5 aromatic carbocycles. The monoisotopic (exact) mass is 343 g/mol. The van der Waals surface area contributed by atoms with Gasteiger partial charge in [-0.25, -0.2) is 12.1 Å². The molecule has 0 saturated heterocycles. The molecule has 0 fully saturated rings. The molecule has 0 aliphatic heterocycles. The highest BCUT2D eigenvalue weighted by atomic mass is 14.2. The lowest BCUT2D eigenvalue weighted by Gasteiger charge is -2.24. The normalized spacial score (nSPS) is 12.9. The SMILES string of the molecule is c1ccc2c3c(ccc2c1)Cc1ccc[c-]1Cc1ccc2ccccc2c1-3. The van der Waals surface area contributed by atoms with Crippen LogP contribution in [0.2, 0.25) is 0 Å². The van der Waals surface area contributed by atoms with Crippen LogP contribution in [0.3, 0.4) is 0 Å². The van der Waals surface area contributed by atoms with Crippen molar-refractivity contribution in [1.29, 1.82) is 0 Å². The summed E-state index contributed by atoms with van der Waals surface area (Å²) in [5.41, 5.74) is 8.63. The van der Waals surface area contributed by atoms with E-state index in [-0.39, 0.29) is 0 Å². The van der Waals surface area contributed by atoms with Crippen molar-refractivity contribution < 1.29 is 0 Å². The van der Waals surface area contributed by atoms with Crippen molar-refractivity contribution in [1.82, 2.24) is 0 Å². The van der Waals surface area contributed by atoms with E-state index < -0.39 is 0 Å². The zero-order valence-electron chi connectivity index (χ0n) is 15.1. The fourth-order valence-electron chi connectivity index (χ4n) is 4.77. The maximum atomic E-state index is 2.34. The van der Waals surface area contributed by atoms with Gasteiger partial charge in [0.25, 0.3) is 0 Å². The van der Waals surface area contributed by atoms with Crippen LogP contribution >= 0.6 is 0 Å². The Balaban J connectivity index is 1.83. The molecular formula is C27H19-. The van der Waals surface area contributed by atoms with E-state index in [1.807, 2.05) is 0 Å². The first kappa shape index (κ1) is 14.9. The van der Waals surface area contributed by atoms with Crippen molar-refractivity contribution in [2.75, 3.05) is 0 Å². The highest BCUT2D eigenvalue weighted by molar-refractivity contribution is 6.08. The molecule has 0 saturated carbocycles. The largest absolute Gasteiger partial charge is 0.213 e. The molecule has 0 unspecified atom stereocenters. The van der Waals surface area contributed by atoms with Crippen LogP contribution in [0, 0.1) is 0 Å².